The van der Waals surface area contributed by atoms with E-state index in [-0.39, 0.29) is 6.61 Å². The summed E-state index contributed by atoms with van der Waals surface area (Å²) in [6.45, 7) is 1.60. The van der Waals surface area contributed by atoms with Crippen molar-refractivity contribution < 1.29 is 18.3 Å². The lowest BCUT2D eigenvalue weighted by Crippen LogP contribution is -2.05. The molecule has 0 radical (unpaired) electrons. The van der Waals surface area contributed by atoms with E-state index < -0.39 is 11.7 Å². The lowest BCUT2D eigenvalue weighted by molar-refractivity contribution is -0.137. The van der Waals surface area contributed by atoms with Crippen LogP contribution in [0.5, 0.6) is 0 Å². The Morgan fingerprint density at radius 1 is 0.870 bits per heavy atom. The molecule has 3 rings (SSSR count). The molecule has 3 aromatic rings. The minimum Gasteiger partial charge on any atom is -0.392 e. The third kappa shape index (κ3) is 2.82. The van der Waals surface area contributed by atoms with Crippen molar-refractivity contribution >= 4 is 10.8 Å². The molecule has 0 spiro atoms. The van der Waals surface area contributed by atoms with Gasteiger partial charge >= 0.3 is 6.18 Å². The number of rotatable bonds is 2. The Balaban J connectivity index is 2.22. The van der Waals surface area contributed by atoms with E-state index in [1.165, 1.54) is 12.1 Å². The summed E-state index contributed by atoms with van der Waals surface area (Å²) in [5.41, 5.74) is 2.35. The summed E-state index contributed by atoms with van der Waals surface area (Å²) in [5, 5.41) is 11.3. The van der Waals surface area contributed by atoms with Gasteiger partial charge in [-0.2, -0.15) is 13.2 Å². The van der Waals surface area contributed by atoms with Crippen LogP contribution in [0.15, 0.2) is 54.6 Å². The number of hydrogen-bond donors (Lipinski definition) is 1. The zero-order chi connectivity index (χ0) is 16.6. The molecule has 0 saturated heterocycles. The second-order valence-corrected chi connectivity index (χ2v) is 5.50. The second-order valence-electron chi connectivity index (χ2n) is 5.50. The van der Waals surface area contributed by atoms with E-state index in [0.29, 0.717) is 5.56 Å². The molecule has 23 heavy (non-hydrogen) atoms. The smallest absolute Gasteiger partial charge is 0.392 e. The van der Waals surface area contributed by atoms with Crippen molar-refractivity contribution in [3.8, 4) is 11.1 Å². The van der Waals surface area contributed by atoms with Gasteiger partial charge in [0.2, 0.25) is 0 Å². The van der Waals surface area contributed by atoms with Crippen molar-refractivity contribution in [2.45, 2.75) is 19.7 Å². The van der Waals surface area contributed by atoms with Gasteiger partial charge in [-0.15, -0.1) is 0 Å². The highest BCUT2D eigenvalue weighted by molar-refractivity contribution is 5.98. The molecule has 0 amide bonds. The van der Waals surface area contributed by atoms with Gasteiger partial charge in [0.1, 0.15) is 0 Å². The number of halogens is 3. The van der Waals surface area contributed by atoms with E-state index in [1.807, 2.05) is 36.4 Å². The molecule has 0 fully saturated rings. The molecular weight excluding hydrogens is 301 g/mol. The summed E-state index contributed by atoms with van der Waals surface area (Å²) < 4.78 is 38.5. The van der Waals surface area contributed by atoms with Gasteiger partial charge in [-0.25, -0.2) is 0 Å². The summed E-state index contributed by atoms with van der Waals surface area (Å²) in [5.74, 6) is 0. The molecule has 3 aromatic carbocycles. The SMILES string of the molecule is Cc1cc(C(F)(F)F)ccc1-c1cccc2c(CO)cccc12. The standard InChI is InChI=1S/C19H15F3O/c1-12-10-14(19(20,21)22)8-9-15(12)17-7-3-5-16-13(11-23)4-2-6-18(16)17/h2-10,23H,11H2,1H3. The maximum absolute atomic E-state index is 12.8. The largest absolute Gasteiger partial charge is 0.416 e. The number of aryl methyl sites for hydroxylation is 1. The normalized spacial score (nSPS) is 11.9. The summed E-state index contributed by atoms with van der Waals surface area (Å²) in [7, 11) is 0. The van der Waals surface area contributed by atoms with Crippen LogP contribution in [0.1, 0.15) is 16.7 Å². The minimum atomic E-state index is -4.34. The molecule has 1 N–H and O–H groups in total. The highest BCUT2D eigenvalue weighted by Crippen LogP contribution is 2.36. The zero-order valence-corrected chi connectivity index (χ0v) is 12.5. The van der Waals surface area contributed by atoms with Gasteiger partial charge in [-0.1, -0.05) is 42.5 Å². The zero-order valence-electron chi connectivity index (χ0n) is 12.5. The molecule has 0 heterocycles. The fraction of sp³-hybridized carbons (Fsp3) is 0.158. The molecule has 0 aliphatic carbocycles. The highest BCUT2D eigenvalue weighted by atomic mass is 19.4. The quantitative estimate of drug-likeness (QED) is 0.678. The molecule has 0 aromatic heterocycles. The third-order valence-electron chi connectivity index (χ3n) is 4.03. The van der Waals surface area contributed by atoms with Crippen LogP contribution in [0.3, 0.4) is 0 Å². The van der Waals surface area contributed by atoms with Crippen molar-refractivity contribution in [3.05, 3.63) is 71.3 Å². The van der Waals surface area contributed by atoms with Gasteiger partial charge in [-0.3, -0.25) is 0 Å². The average Bonchev–Trinajstić information content (AvgIpc) is 2.53. The number of aliphatic hydroxyl groups is 1. The van der Waals surface area contributed by atoms with Crippen molar-refractivity contribution in [3.63, 3.8) is 0 Å². The fourth-order valence-corrected chi connectivity index (χ4v) is 2.89. The molecule has 0 saturated carbocycles. The lowest BCUT2D eigenvalue weighted by Gasteiger charge is -2.14. The number of fused-ring (bicyclic) bond motifs is 1. The van der Waals surface area contributed by atoms with Crippen LogP contribution < -0.4 is 0 Å². The molecule has 4 heteroatoms. The Labute approximate surface area is 132 Å². The topological polar surface area (TPSA) is 20.2 Å². The van der Waals surface area contributed by atoms with Crippen molar-refractivity contribution in [1.82, 2.24) is 0 Å². The van der Waals surface area contributed by atoms with Gasteiger partial charge < -0.3 is 5.11 Å². The number of aliphatic hydroxyl groups excluding tert-OH is 1. The molecular formula is C19H15F3O. The van der Waals surface area contributed by atoms with E-state index in [0.717, 1.165) is 33.5 Å². The number of hydrogen-bond acceptors (Lipinski definition) is 1. The molecule has 0 aliphatic rings. The first kappa shape index (κ1) is 15.6. The number of alkyl halides is 3. The van der Waals surface area contributed by atoms with Gasteiger partial charge in [0, 0.05) is 0 Å². The van der Waals surface area contributed by atoms with E-state index in [9.17, 15) is 18.3 Å². The monoisotopic (exact) mass is 316 g/mol. The van der Waals surface area contributed by atoms with Crippen LogP contribution in [0.25, 0.3) is 21.9 Å². The fourth-order valence-electron chi connectivity index (χ4n) is 2.89. The van der Waals surface area contributed by atoms with E-state index >= 15 is 0 Å². The van der Waals surface area contributed by atoms with Gasteiger partial charge in [0.05, 0.1) is 12.2 Å². The number of benzene rings is 3. The second kappa shape index (κ2) is 5.70. The van der Waals surface area contributed by atoms with Gasteiger partial charge in [0.25, 0.3) is 0 Å². The first-order valence-electron chi connectivity index (χ1n) is 7.21. The Morgan fingerprint density at radius 2 is 1.57 bits per heavy atom. The van der Waals surface area contributed by atoms with Crippen LogP contribution in [-0.2, 0) is 12.8 Å². The molecule has 1 nitrogen and oxygen atoms in total. The van der Waals surface area contributed by atoms with E-state index in [1.54, 1.807) is 6.92 Å². The van der Waals surface area contributed by atoms with Crippen LogP contribution >= 0.6 is 0 Å². The maximum atomic E-state index is 12.8. The Morgan fingerprint density at radius 3 is 2.22 bits per heavy atom. The van der Waals surface area contributed by atoms with Crippen molar-refractivity contribution in [2.24, 2.45) is 0 Å². The summed E-state index contributed by atoms with van der Waals surface area (Å²) in [6, 6.07) is 15.0. The molecule has 0 unspecified atom stereocenters. The van der Waals surface area contributed by atoms with Crippen LogP contribution in [0.4, 0.5) is 13.2 Å². The van der Waals surface area contributed by atoms with Crippen LogP contribution in [0, 0.1) is 6.92 Å². The Bertz CT molecular complexity index is 866. The Kier molecular flexibility index (Phi) is 3.86. The summed E-state index contributed by atoms with van der Waals surface area (Å²) in [4.78, 5) is 0. The maximum Gasteiger partial charge on any atom is 0.416 e. The molecule has 0 aliphatic heterocycles. The molecule has 0 bridgehead atoms. The van der Waals surface area contributed by atoms with Crippen LogP contribution in [-0.4, -0.2) is 5.11 Å². The highest BCUT2D eigenvalue weighted by Gasteiger charge is 2.30. The lowest BCUT2D eigenvalue weighted by atomic mass is 9.92. The van der Waals surface area contributed by atoms with Gasteiger partial charge in [0.15, 0.2) is 0 Å². The van der Waals surface area contributed by atoms with Crippen molar-refractivity contribution in [2.75, 3.05) is 0 Å². The average molecular weight is 316 g/mol. The van der Waals surface area contributed by atoms with E-state index in [2.05, 4.69) is 0 Å². The molecule has 0 atom stereocenters. The third-order valence-corrected chi connectivity index (χ3v) is 4.03. The predicted molar refractivity (Wildman–Crippen MR) is 85.0 cm³/mol. The Hall–Kier alpha value is -2.33. The van der Waals surface area contributed by atoms with Crippen LogP contribution in [0.2, 0.25) is 0 Å². The summed E-state index contributed by atoms with van der Waals surface area (Å²) in [6.07, 6.45) is -4.34. The predicted octanol–water partition coefficient (Wildman–Crippen LogP) is 5.33. The minimum absolute atomic E-state index is 0.0766. The van der Waals surface area contributed by atoms with Gasteiger partial charge in [-0.05, 0) is 52.1 Å². The summed E-state index contributed by atoms with van der Waals surface area (Å²) >= 11 is 0. The van der Waals surface area contributed by atoms with Crippen molar-refractivity contribution in [1.29, 1.82) is 0 Å². The first-order chi connectivity index (χ1) is 10.9. The first-order valence-corrected chi connectivity index (χ1v) is 7.21. The van der Waals surface area contributed by atoms with E-state index in [4.69, 9.17) is 0 Å². The molecule has 118 valence electrons.